The van der Waals surface area contributed by atoms with E-state index in [1.807, 2.05) is 13.0 Å². The van der Waals surface area contributed by atoms with Gasteiger partial charge in [-0.25, -0.2) is 0 Å². The van der Waals surface area contributed by atoms with E-state index in [4.69, 9.17) is 5.73 Å². The predicted octanol–water partition coefficient (Wildman–Crippen LogP) is 0.682. The van der Waals surface area contributed by atoms with E-state index in [1.54, 1.807) is 17.0 Å². The summed E-state index contributed by atoms with van der Waals surface area (Å²) in [6, 6.07) is 4.70. The number of fused-ring (bicyclic) bond motifs is 1. The maximum Gasteiger partial charge on any atom is 0.251 e. The first kappa shape index (κ1) is 12.6. The molecule has 0 aliphatic carbocycles. The summed E-state index contributed by atoms with van der Waals surface area (Å²) >= 11 is 0. The molecule has 3 N–H and O–H groups in total. The van der Waals surface area contributed by atoms with E-state index in [0.717, 1.165) is 11.3 Å². The second-order valence-corrected chi connectivity index (χ2v) is 4.40. The number of hydrogen-bond donors (Lipinski definition) is 2. The molecule has 1 heterocycles. The molecule has 1 aromatic rings. The molecule has 0 saturated heterocycles. The Morgan fingerprint density at radius 1 is 1.56 bits per heavy atom. The molecule has 0 aromatic heterocycles. The Kier molecular flexibility index (Phi) is 3.34. The zero-order valence-electron chi connectivity index (χ0n) is 10.6. The lowest BCUT2D eigenvalue weighted by atomic mass is 10.1. The molecule has 96 valence electrons. The highest BCUT2D eigenvalue weighted by Gasteiger charge is 2.31. The van der Waals surface area contributed by atoms with Gasteiger partial charge >= 0.3 is 0 Å². The average Bonchev–Trinajstić information content (AvgIpc) is 2.45. The maximum absolute atomic E-state index is 12.3. The number of anilines is 2. The van der Waals surface area contributed by atoms with Crippen LogP contribution in [0.4, 0.5) is 11.4 Å². The van der Waals surface area contributed by atoms with Gasteiger partial charge in [-0.3, -0.25) is 14.9 Å². The van der Waals surface area contributed by atoms with Crippen molar-refractivity contribution in [1.29, 1.82) is 0 Å². The van der Waals surface area contributed by atoms with Crippen LogP contribution in [0.15, 0.2) is 18.2 Å². The standard InChI is InChI=1S/C13H17N3O2/c1-3-16-11-6-10(14)5-4-9(11)7-15-12(8(2)17)13(16)18/h4-6,12,15H,3,7,14H2,1-2H3. The van der Waals surface area contributed by atoms with Crippen molar-refractivity contribution in [2.45, 2.75) is 26.4 Å². The molecule has 1 aromatic carbocycles. The summed E-state index contributed by atoms with van der Waals surface area (Å²) in [4.78, 5) is 25.4. The second-order valence-electron chi connectivity index (χ2n) is 4.40. The van der Waals surface area contributed by atoms with Gasteiger partial charge in [-0.15, -0.1) is 0 Å². The maximum atomic E-state index is 12.3. The van der Waals surface area contributed by atoms with Crippen molar-refractivity contribution in [3.63, 3.8) is 0 Å². The Morgan fingerprint density at radius 2 is 2.28 bits per heavy atom. The lowest BCUT2D eigenvalue weighted by Gasteiger charge is -2.23. The second kappa shape index (κ2) is 4.78. The normalized spacial score (nSPS) is 19.3. The van der Waals surface area contributed by atoms with Crippen molar-refractivity contribution in [1.82, 2.24) is 5.32 Å². The largest absolute Gasteiger partial charge is 0.399 e. The first-order valence-corrected chi connectivity index (χ1v) is 5.98. The summed E-state index contributed by atoms with van der Waals surface area (Å²) < 4.78 is 0. The minimum atomic E-state index is -0.765. The molecule has 2 rings (SSSR count). The Bertz CT molecular complexity index is 499. The molecule has 0 saturated carbocycles. The third-order valence-corrected chi connectivity index (χ3v) is 3.13. The fraction of sp³-hybridized carbons (Fsp3) is 0.385. The number of nitrogens with one attached hydrogen (secondary N) is 1. The van der Waals surface area contributed by atoms with Crippen LogP contribution in [-0.2, 0) is 16.1 Å². The molecule has 1 atom stereocenters. The molecule has 0 spiro atoms. The van der Waals surface area contributed by atoms with Gasteiger partial charge in [0.2, 0.25) is 0 Å². The van der Waals surface area contributed by atoms with Gasteiger partial charge in [0, 0.05) is 18.8 Å². The summed E-state index contributed by atoms with van der Waals surface area (Å²) in [5, 5.41) is 2.99. The van der Waals surface area contributed by atoms with Crippen LogP contribution in [0.25, 0.3) is 0 Å². The van der Waals surface area contributed by atoms with Crippen molar-refractivity contribution in [3.8, 4) is 0 Å². The number of benzene rings is 1. The summed E-state index contributed by atoms with van der Waals surface area (Å²) in [6.45, 7) is 4.31. The minimum absolute atomic E-state index is 0.167. The zero-order valence-corrected chi connectivity index (χ0v) is 10.6. The van der Waals surface area contributed by atoms with Crippen LogP contribution in [0, 0.1) is 0 Å². The van der Waals surface area contributed by atoms with E-state index in [2.05, 4.69) is 5.32 Å². The van der Waals surface area contributed by atoms with E-state index in [1.165, 1.54) is 6.92 Å². The number of nitrogen functional groups attached to an aromatic ring is 1. The number of Topliss-reactive ketones (excluding diaryl/α,β-unsaturated/α-hetero) is 1. The summed E-state index contributed by atoms with van der Waals surface area (Å²) in [7, 11) is 0. The van der Waals surface area contributed by atoms with E-state index >= 15 is 0 Å². The van der Waals surface area contributed by atoms with Crippen LogP contribution >= 0.6 is 0 Å². The van der Waals surface area contributed by atoms with Gasteiger partial charge in [0.05, 0.1) is 5.69 Å². The van der Waals surface area contributed by atoms with Crippen LogP contribution in [-0.4, -0.2) is 24.3 Å². The molecular weight excluding hydrogens is 230 g/mol. The topological polar surface area (TPSA) is 75.4 Å². The Labute approximate surface area is 106 Å². The SMILES string of the molecule is CCN1C(=O)C(C(C)=O)NCc2ccc(N)cc21. The number of nitrogens with two attached hydrogens (primary N) is 1. The molecular formula is C13H17N3O2. The van der Waals surface area contributed by atoms with Gasteiger partial charge in [-0.05, 0) is 31.5 Å². The lowest BCUT2D eigenvalue weighted by molar-refractivity contribution is -0.128. The van der Waals surface area contributed by atoms with Crippen LogP contribution < -0.4 is 16.0 Å². The van der Waals surface area contributed by atoms with Crippen molar-refractivity contribution >= 4 is 23.1 Å². The number of carbonyl (C=O) groups is 2. The number of rotatable bonds is 2. The quantitative estimate of drug-likeness (QED) is 0.595. The summed E-state index contributed by atoms with van der Waals surface area (Å²) in [5.41, 5.74) is 8.14. The molecule has 1 aliphatic heterocycles. The van der Waals surface area contributed by atoms with E-state index in [-0.39, 0.29) is 11.7 Å². The van der Waals surface area contributed by atoms with Gasteiger partial charge in [-0.2, -0.15) is 0 Å². The van der Waals surface area contributed by atoms with Crippen LogP contribution in [0.2, 0.25) is 0 Å². The van der Waals surface area contributed by atoms with E-state index in [9.17, 15) is 9.59 Å². The molecule has 1 aliphatic rings. The molecule has 5 heteroatoms. The Morgan fingerprint density at radius 3 is 2.89 bits per heavy atom. The van der Waals surface area contributed by atoms with Crippen LogP contribution in [0.1, 0.15) is 19.4 Å². The fourth-order valence-corrected chi connectivity index (χ4v) is 2.20. The summed E-state index contributed by atoms with van der Waals surface area (Å²) in [5.74, 6) is -0.381. The average molecular weight is 247 g/mol. The van der Waals surface area contributed by atoms with Crippen LogP contribution in [0.5, 0.6) is 0 Å². The van der Waals surface area contributed by atoms with Crippen LogP contribution in [0.3, 0.4) is 0 Å². The monoisotopic (exact) mass is 247 g/mol. The summed E-state index contributed by atoms with van der Waals surface area (Å²) in [6.07, 6.45) is 0. The van der Waals surface area contributed by atoms with Gasteiger partial charge in [0.25, 0.3) is 5.91 Å². The zero-order chi connectivity index (χ0) is 13.3. The Hall–Kier alpha value is -1.88. The van der Waals surface area contributed by atoms with Crippen molar-refractivity contribution in [2.24, 2.45) is 0 Å². The number of amides is 1. The first-order valence-electron chi connectivity index (χ1n) is 5.98. The van der Waals surface area contributed by atoms with E-state index < -0.39 is 6.04 Å². The minimum Gasteiger partial charge on any atom is -0.399 e. The highest BCUT2D eigenvalue weighted by atomic mass is 16.2. The van der Waals surface area contributed by atoms with E-state index in [0.29, 0.717) is 18.8 Å². The highest BCUT2D eigenvalue weighted by molar-refractivity contribution is 6.12. The molecule has 5 nitrogen and oxygen atoms in total. The third-order valence-electron chi connectivity index (χ3n) is 3.13. The smallest absolute Gasteiger partial charge is 0.251 e. The Balaban J connectivity index is 2.48. The third kappa shape index (κ3) is 2.09. The number of hydrogen-bond acceptors (Lipinski definition) is 4. The number of ketones is 1. The van der Waals surface area contributed by atoms with Gasteiger partial charge in [-0.1, -0.05) is 6.07 Å². The predicted molar refractivity (Wildman–Crippen MR) is 70.2 cm³/mol. The van der Waals surface area contributed by atoms with Crippen molar-refractivity contribution in [3.05, 3.63) is 23.8 Å². The van der Waals surface area contributed by atoms with Gasteiger partial charge in [0.1, 0.15) is 6.04 Å². The number of carbonyl (C=O) groups excluding carboxylic acids is 2. The van der Waals surface area contributed by atoms with Gasteiger partial charge in [0.15, 0.2) is 5.78 Å². The molecule has 1 amide bonds. The van der Waals surface area contributed by atoms with Gasteiger partial charge < -0.3 is 10.6 Å². The molecule has 0 bridgehead atoms. The first-order chi connectivity index (χ1) is 8.54. The molecule has 0 radical (unpaired) electrons. The lowest BCUT2D eigenvalue weighted by Crippen LogP contribution is -2.48. The highest BCUT2D eigenvalue weighted by Crippen LogP contribution is 2.26. The van der Waals surface area contributed by atoms with Crippen molar-refractivity contribution < 1.29 is 9.59 Å². The van der Waals surface area contributed by atoms with Crippen molar-refractivity contribution in [2.75, 3.05) is 17.2 Å². The molecule has 18 heavy (non-hydrogen) atoms. The fourth-order valence-electron chi connectivity index (χ4n) is 2.20. The number of likely N-dealkylation sites (N-methyl/N-ethyl adjacent to an activating group) is 1. The molecule has 1 unspecified atom stereocenters. The number of nitrogens with zero attached hydrogens (tertiary/aromatic N) is 1. The molecule has 0 fully saturated rings.